The lowest BCUT2D eigenvalue weighted by molar-refractivity contribution is -0.120. The van der Waals surface area contributed by atoms with Gasteiger partial charge in [-0.3, -0.25) is 4.79 Å². The summed E-state index contributed by atoms with van der Waals surface area (Å²) in [6, 6.07) is 0. The molecule has 0 bridgehead atoms. The van der Waals surface area contributed by atoms with Crippen molar-refractivity contribution < 1.29 is 4.79 Å². The highest BCUT2D eigenvalue weighted by molar-refractivity contribution is 8.02. The number of rotatable bonds is 8. The molecule has 7 heteroatoms. The maximum atomic E-state index is 11.6. The number of hydrogen-bond donors (Lipinski definition) is 2. The fourth-order valence-electron chi connectivity index (χ4n) is 1.22. The Morgan fingerprint density at radius 2 is 2.22 bits per heavy atom. The van der Waals surface area contributed by atoms with Crippen molar-refractivity contribution >= 4 is 34.1 Å². The van der Waals surface area contributed by atoms with Crippen molar-refractivity contribution in [2.24, 2.45) is 0 Å². The second-order valence-corrected chi connectivity index (χ2v) is 6.37. The number of nitrogens with zero attached hydrogens (tertiary/aromatic N) is 2. The van der Waals surface area contributed by atoms with Gasteiger partial charge in [-0.05, 0) is 20.3 Å². The standard InChI is InChI=1S/C11H20N4OS2/c1-4-6-7-13-10-14-15-11(18-10)17-8(3)9(16)12-5-2/h8H,4-7H2,1-3H3,(H,12,16)(H,13,14)/t8-/m0/s1. The minimum absolute atomic E-state index is 0.0400. The molecule has 0 aromatic carbocycles. The monoisotopic (exact) mass is 288 g/mol. The van der Waals surface area contributed by atoms with Crippen LogP contribution in [-0.2, 0) is 4.79 Å². The zero-order valence-electron chi connectivity index (χ0n) is 11.0. The van der Waals surface area contributed by atoms with Gasteiger partial charge in [0.2, 0.25) is 11.0 Å². The Balaban J connectivity index is 2.40. The summed E-state index contributed by atoms with van der Waals surface area (Å²) in [5.74, 6) is 0.0400. The van der Waals surface area contributed by atoms with E-state index in [2.05, 4.69) is 27.8 Å². The van der Waals surface area contributed by atoms with Crippen molar-refractivity contribution in [1.29, 1.82) is 0 Å². The van der Waals surface area contributed by atoms with Crippen LogP contribution in [0, 0.1) is 0 Å². The third-order valence-electron chi connectivity index (χ3n) is 2.21. The van der Waals surface area contributed by atoms with Gasteiger partial charge < -0.3 is 10.6 Å². The van der Waals surface area contributed by atoms with Crippen LogP contribution in [0.5, 0.6) is 0 Å². The van der Waals surface area contributed by atoms with Crippen molar-refractivity contribution in [3.8, 4) is 0 Å². The van der Waals surface area contributed by atoms with Crippen LogP contribution in [0.1, 0.15) is 33.6 Å². The van der Waals surface area contributed by atoms with E-state index in [-0.39, 0.29) is 11.2 Å². The van der Waals surface area contributed by atoms with E-state index in [9.17, 15) is 4.79 Å². The third kappa shape index (κ3) is 5.22. The summed E-state index contributed by atoms with van der Waals surface area (Å²) >= 11 is 2.94. The molecule has 0 saturated heterocycles. The van der Waals surface area contributed by atoms with E-state index in [0.29, 0.717) is 6.54 Å². The van der Waals surface area contributed by atoms with E-state index in [4.69, 9.17) is 0 Å². The van der Waals surface area contributed by atoms with Gasteiger partial charge >= 0.3 is 0 Å². The first-order valence-corrected chi connectivity index (χ1v) is 7.88. The Kier molecular flexibility index (Phi) is 7.04. The molecular formula is C11H20N4OS2. The molecule has 18 heavy (non-hydrogen) atoms. The molecule has 0 spiro atoms. The van der Waals surface area contributed by atoms with Gasteiger partial charge in [0.1, 0.15) is 0 Å². The molecule has 1 heterocycles. The van der Waals surface area contributed by atoms with Gasteiger partial charge in [-0.15, -0.1) is 10.2 Å². The van der Waals surface area contributed by atoms with Crippen LogP contribution in [0.3, 0.4) is 0 Å². The van der Waals surface area contributed by atoms with Gasteiger partial charge in [-0.25, -0.2) is 0 Å². The highest BCUT2D eigenvalue weighted by Crippen LogP contribution is 2.28. The van der Waals surface area contributed by atoms with Crippen LogP contribution in [-0.4, -0.2) is 34.4 Å². The smallest absolute Gasteiger partial charge is 0.233 e. The molecule has 0 aliphatic heterocycles. The molecule has 0 saturated carbocycles. The van der Waals surface area contributed by atoms with Crippen LogP contribution >= 0.6 is 23.1 Å². The first-order valence-electron chi connectivity index (χ1n) is 6.19. The lowest BCUT2D eigenvalue weighted by Crippen LogP contribution is -2.30. The molecule has 1 aromatic rings. The number of carbonyl (C=O) groups is 1. The summed E-state index contributed by atoms with van der Waals surface area (Å²) < 4.78 is 0.827. The minimum atomic E-state index is -0.138. The van der Waals surface area contributed by atoms with Crippen LogP contribution in [0.25, 0.3) is 0 Å². The lowest BCUT2D eigenvalue weighted by atomic mass is 10.3. The van der Waals surface area contributed by atoms with E-state index in [0.717, 1.165) is 28.9 Å². The Morgan fingerprint density at radius 3 is 2.89 bits per heavy atom. The van der Waals surface area contributed by atoms with Crippen molar-refractivity contribution in [3.63, 3.8) is 0 Å². The Bertz CT molecular complexity index is 370. The van der Waals surface area contributed by atoms with Gasteiger partial charge in [0.25, 0.3) is 0 Å². The Hall–Kier alpha value is -0.820. The number of thioether (sulfide) groups is 1. The SMILES string of the molecule is CCCCNc1nnc(S[C@@H](C)C(=O)NCC)s1. The molecular weight excluding hydrogens is 268 g/mol. The summed E-state index contributed by atoms with van der Waals surface area (Å²) in [6.07, 6.45) is 2.28. The topological polar surface area (TPSA) is 66.9 Å². The average Bonchev–Trinajstić information content (AvgIpc) is 2.77. The number of unbranched alkanes of at least 4 members (excludes halogenated alkanes) is 1. The van der Waals surface area contributed by atoms with Crippen molar-refractivity contribution in [2.75, 3.05) is 18.4 Å². The van der Waals surface area contributed by atoms with Gasteiger partial charge in [-0.1, -0.05) is 36.4 Å². The van der Waals surface area contributed by atoms with Gasteiger partial charge in [0.05, 0.1) is 5.25 Å². The molecule has 1 aromatic heterocycles. The number of anilines is 1. The largest absolute Gasteiger partial charge is 0.360 e. The summed E-state index contributed by atoms with van der Waals surface area (Å²) in [5, 5.41) is 14.8. The number of amides is 1. The average molecular weight is 288 g/mol. The molecule has 0 aliphatic rings. The van der Waals surface area contributed by atoms with Gasteiger partial charge in [0, 0.05) is 13.1 Å². The summed E-state index contributed by atoms with van der Waals surface area (Å²) in [4.78, 5) is 11.6. The van der Waals surface area contributed by atoms with Crippen LogP contribution in [0.2, 0.25) is 0 Å². The van der Waals surface area contributed by atoms with Crippen LogP contribution in [0.15, 0.2) is 4.34 Å². The van der Waals surface area contributed by atoms with E-state index in [1.165, 1.54) is 23.1 Å². The van der Waals surface area contributed by atoms with Gasteiger partial charge in [-0.2, -0.15) is 0 Å². The lowest BCUT2D eigenvalue weighted by Gasteiger charge is -2.07. The molecule has 0 radical (unpaired) electrons. The first-order chi connectivity index (χ1) is 8.67. The predicted octanol–water partition coefficient (Wildman–Crippen LogP) is 2.37. The van der Waals surface area contributed by atoms with Crippen molar-refractivity contribution in [2.45, 2.75) is 43.2 Å². The van der Waals surface area contributed by atoms with E-state index in [1.54, 1.807) is 0 Å². The molecule has 1 amide bonds. The normalized spacial score (nSPS) is 12.2. The van der Waals surface area contributed by atoms with Crippen LogP contribution in [0.4, 0.5) is 5.13 Å². The molecule has 1 rings (SSSR count). The quantitative estimate of drug-likeness (QED) is 0.568. The molecule has 2 N–H and O–H groups in total. The third-order valence-corrected chi connectivity index (χ3v) is 4.28. The van der Waals surface area contributed by atoms with E-state index >= 15 is 0 Å². The van der Waals surface area contributed by atoms with Gasteiger partial charge in [0.15, 0.2) is 4.34 Å². The number of aromatic nitrogens is 2. The highest BCUT2D eigenvalue weighted by Gasteiger charge is 2.16. The summed E-state index contributed by atoms with van der Waals surface area (Å²) in [7, 11) is 0. The van der Waals surface area contributed by atoms with Crippen molar-refractivity contribution in [1.82, 2.24) is 15.5 Å². The summed E-state index contributed by atoms with van der Waals surface area (Å²) in [5.41, 5.74) is 0. The minimum Gasteiger partial charge on any atom is -0.360 e. The zero-order valence-corrected chi connectivity index (χ0v) is 12.7. The Labute approximate surface area is 116 Å². The zero-order chi connectivity index (χ0) is 13.4. The molecule has 102 valence electrons. The molecule has 5 nitrogen and oxygen atoms in total. The summed E-state index contributed by atoms with van der Waals surface area (Å²) in [6.45, 7) is 7.51. The fourth-order valence-corrected chi connectivity index (χ4v) is 3.17. The Morgan fingerprint density at radius 1 is 1.44 bits per heavy atom. The predicted molar refractivity (Wildman–Crippen MR) is 77.3 cm³/mol. The van der Waals surface area contributed by atoms with Crippen molar-refractivity contribution in [3.05, 3.63) is 0 Å². The second-order valence-electron chi connectivity index (χ2n) is 3.81. The number of hydrogen-bond acceptors (Lipinski definition) is 6. The second kappa shape index (κ2) is 8.31. The number of nitrogens with one attached hydrogen (secondary N) is 2. The van der Waals surface area contributed by atoms with E-state index < -0.39 is 0 Å². The number of carbonyl (C=O) groups excluding carboxylic acids is 1. The maximum Gasteiger partial charge on any atom is 0.233 e. The molecule has 1 atom stereocenters. The molecule has 0 aliphatic carbocycles. The van der Waals surface area contributed by atoms with E-state index in [1.807, 2.05) is 13.8 Å². The van der Waals surface area contributed by atoms with Crippen LogP contribution < -0.4 is 10.6 Å². The molecule has 0 fully saturated rings. The first kappa shape index (κ1) is 15.2. The fraction of sp³-hybridized carbons (Fsp3) is 0.727. The maximum absolute atomic E-state index is 11.6. The molecule has 0 unspecified atom stereocenters. The highest BCUT2D eigenvalue weighted by atomic mass is 32.2.